The Morgan fingerprint density at radius 3 is 2.43 bits per heavy atom. The van der Waals surface area contributed by atoms with E-state index in [2.05, 4.69) is 0 Å². The molecule has 0 bridgehead atoms. The number of hydrogen-bond acceptors (Lipinski definition) is 4. The van der Waals surface area contributed by atoms with Crippen LogP contribution >= 0.6 is 0 Å². The average Bonchev–Trinajstić information content (AvgIpc) is 2.40. The molecule has 2 aromatic carbocycles. The van der Waals surface area contributed by atoms with Crippen molar-refractivity contribution in [1.29, 1.82) is 0 Å². The molecule has 0 fully saturated rings. The van der Waals surface area contributed by atoms with Crippen LogP contribution in [-0.2, 0) is 0 Å². The third-order valence-electron chi connectivity index (χ3n) is 2.68. The second-order valence-corrected chi connectivity index (χ2v) is 4.17. The van der Waals surface area contributed by atoms with Gasteiger partial charge in [-0.3, -0.25) is 14.9 Å². The first-order valence-corrected chi connectivity index (χ1v) is 5.81. The number of carbonyl (C=O) groups excluding carboxylic acids is 1. The number of ketones is 1. The number of nitrogens with zero attached hydrogens (tertiary/aromatic N) is 1. The molecule has 0 atom stereocenters. The van der Waals surface area contributed by atoms with Gasteiger partial charge in [-0.15, -0.1) is 0 Å². The van der Waals surface area contributed by atoms with Gasteiger partial charge in [-0.1, -0.05) is 0 Å². The Kier molecular flexibility index (Phi) is 3.93. The van der Waals surface area contributed by atoms with Crippen LogP contribution in [0.15, 0.2) is 36.4 Å². The maximum Gasteiger partial charge on any atom is 0.311 e. The molecule has 0 aliphatic carbocycles. The van der Waals surface area contributed by atoms with E-state index in [-0.39, 0.29) is 17.1 Å². The van der Waals surface area contributed by atoms with Crippen LogP contribution in [-0.4, -0.2) is 10.7 Å². The first-order valence-electron chi connectivity index (χ1n) is 5.81. The predicted molar refractivity (Wildman–Crippen MR) is 69.5 cm³/mol. The van der Waals surface area contributed by atoms with Crippen molar-refractivity contribution in [2.75, 3.05) is 0 Å². The van der Waals surface area contributed by atoms with Crippen molar-refractivity contribution in [2.45, 2.75) is 6.92 Å². The zero-order valence-corrected chi connectivity index (χ0v) is 10.8. The zero-order valence-electron chi connectivity index (χ0n) is 10.8. The molecule has 0 spiro atoms. The molecule has 0 saturated heterocycles. The average molecular weight is 293 g/mol. The minimum absolute atomic E-state index is 0.133. The van der Waals surface area contributed by atoms with Crippen molar-refractivity contribution >= 4 is 11.5 Å². The molecule has 0 heterocycles. The van der Waals surface area contributed by atoms with Gasteiger partial charge in [-0.05, 0) is 31.2 Å². The summed E-state index contributed by atoms with van der Waals surface area (Å²) in [5.41, 5.74) is -0.361. The Bertz CT molecular complexity index is 731. The molecule has 2 rings (SSSR count). The van der Waals surface area contributed by atoms with Crippen LogP contribution in [0.1, 0.15) is 17.3 Å². The van der Waals surface area contributed by atoms with Crippen LogP contribution in [0.5, 0.6) is 11.5 Å². The Morgan fingerprint density at radius 1 is 1.14 bits per heavy atom. The van der Waals surface area contributed by atoms with E-state index in [4.69, 9.17) is 4.74 Å². The topological polar surface area (TPSA) is 69.4 Å². The Balaban J connectivity index is 2.40. The molecule has 7 heteroatoms. The van der Waals surface area contributed by atoms with Crippen molar-refractivity contribution in [2.24, 2.45) is 0 Å². The smallest absolute Gasteiger partial charge is 0.311 e. The van der Waals surface area contributed by atoms with E-state index < -0.39 is 28.0 Å². The van der Waals surface area contributed by atoms with Gasteiger partial charge < -0.3 is 4.74 Å². The number of carbonyl (C=O) groups is 1. The molecule has 5 nitrogen and oxygen atoms in total. The number of ether oxygens (including phenoxy) is 1. The van der Waals surface area contributed by atoms with Gasteiger partial charge in [0.05, 0.1) is 4.92 Å². The van der Waals surface area contributed by atoms with Gasteiger partial charge in [-0.25, -0.2) is 8.78 Å². The number of rotatable bonds is 4. The SMILES string of the molecule is CC(=O)c1ccc(Oc2cc(F)ccc2[N+](=O)[O-])c(F)c1. The van der Waals surface area contributed by atoms with Gasteiger partial charge in [0, 0.05) is 17.7 Å². The van der Waals surface area contributed by atoms with Gasteiger partial charge in [0.2, 0.25) is 5.75 Å². The summed E-state index contributed by atoms with van der Waals surface area (Å²) in [6.07, 6.45) is 0. The minimum atomic E-state index is -0.874. The number of benzene rings is 2. The summed E-state index contributed by atoms with van der Waals surface area (Å²) >= 11 is 0. The van der Waals surface area contributed by atoms with E-state index in [9.17, 15) is 23.7 Å². The normalized spacial score (nSPS) is 10.2. The highest BCUT2D eigenvalue weighted by Crippen LogP contribution is 2.33. The van der Waals surface area contributed by atoms with Gasteiger partial charge >= 0.3 is 5.69 Å². The maximum absolute atomic E-state index is 13.8. The lowest BCUT2D eigenvalue weighted by Crippen LogP contribution is -1.98. The third-order valence-corrected chi connectivity index (χ3v) is 2.68. The first-order chi connectivity index (χ1) is 9.88. The number of nitro groups is 1. The molecule has 0 aromatic heterocycles. The highest BCUT2D eigenvalue weighted by atomic mass is 19.1. The van der Waals surface area contributed by atoms with Gasteiger partial charge in [0.1, 0.15) is 5.82 Å². The summed E-state index contributed by atoms with van der Waals surface area (Å²) in [7, 11) is 0. The lowest BCUT2D eigenvalue weighted by Gasteiger charge is -2.08. The van der Waals surface area contributed by atoms with Gasteiger partial charge in [-0.2, -0.15) is 0 Å². The van der Waals surface area contributed by atoms with Crippen LogP contribution in [0.4, 0.5) is 14.5 Å². The molecule has 21 heavy (non-hydrogen) atoms. The summed E-state index contributed by atoms with van der Waals surface area (Å²) in [6, 6.07) is 6.03. The summed E-state index contributed by atoms with van der Waals surface area (Å²) in [6.45, 7) is 1.27. The standard InChI is InChI=1S/C14H9F2NO4/c1-8(18)9-2-5-13(11(16)6-9)21-14-7-10(15)3-4-12(14)17(19)20/h2-7H,1H3. The van der Waals surface area contributed by atoms with E-state index in [0.717, 1.165) is 30.3 Å². The van der Waals surface area contributed by atoms with Crippen molar-refractivity contribution < 1.29 is 23.2 Å². The van der Waals surface area contributed by atoms with Gasteiger partial charge in [0.25, 0.3) is 0 Å². The molecule has 0 aliphatic rings. The van der Waals surface area contributed by atoms with Gasteiger partial charge in [0.15, 0.2) is 17.3 Å². The predicted octanol–water partition coefficient (Wildman–Crippen LogP) is 3.87. The van der Waals surface area contributed by atoms with E-state index in [0.29, 0.717) is 0 Å². The number of Topliss-reactive ketones (excluding diaryl/α,β-unsaturated/α-hetero) is 1. The second-order valence-electron chi connectivity index (χ2n) is 4.17. The molecule has 0 saturated carbocycles. The van der Waals surface area contributed by atoms with E-state index in [1.165, 1.54) is 13.0 Å². The summed E-state index contributed by atoms with van der Waals surface area (Å²) in [5.74, 6) is -2.72. The van der Waals surface area contributed by atoms with Crippen molar-refractivity contribution in [3.8, 4) is 11.5 Å². The zero-order chi connectivity index (χ0) is 15.6. The molecule has 0 aliphatic heterocycles. The molecule has 2 aromatic rings. The van der Waals surface area contributed by atoms with Crippen molar-refractivity contribution in [3.05, 3.63) is 63.7 Å². The number of nitro benzene ring substituents is 1. The Hall–Kier alpha value is -2.83. The molecule has 0 unspecified atom stereocenters. The molecular formula is C14H9F2NO4. The van der Waals surface area contributed by atoms with Crippen LogP contribution in [0.25, 0.3) is 0 Å². The van der Waals surface area contributed by atoms with Crippen LogP contribution in [0, 0.1) is 21.7 Å². The van der Waals surface area contributed by atoms with E-state index >= 15 is 0 Å². The molecule has 0 amide bonds. The van der Waals surface area contributed by atoms with E-state index in [1.807, 2.05) is 0 Å². The number of halogens is 2. The molecular weight excluding hydrogens is 284 g/mol. The van der Waals surface area contributed by atoms with Crippen LogP contribution in [0.3, 0.4) is 0 Å². The highest BCUT2D eigenvalue weighted by Gasteiger charge is 2.18. The van der Waals surface area contributed by atoms with Crippen molar-refractivity contribution in [3.63, 3.8) is 0 Å². The Morgan fingerprint density at radius 2 is 1.86 bits per heavy atom. The highest BCUT2D eigenvalue weighted by molar-refractivity contribution is 5.94. The van der Waals surface area contributed by atoms with Crippen LogP contribution < -0.4 is 4.74 Å². The summed E-state index contributed by atoms with van der Waals surface area (Å²) < 4.78 is 32.0. The fourth-order valence-electron chi connectivity index (χ4n) is 1.64. The largest absolute Gasteiger partial charge is 0.447 e. The van der Waals surface area contributed by atoms with Crippen LogP contribution in [0.2, 0.25) is 0 Å². The fourth-order valence-corrected chi connectivity index (χ4v) is 1.64. The lowest BCUT2D eigenvalue weighted by atomic mass is 10.1. The monoisotopic (exact) mass is 293 g/mol. The lowest BCUT2D eigenvalue weighted by molar-refractivity contribution is -0.385. The maximum atomic E-state index is 13.8. The molecule has 108 valence electrons. The Labute approximate surface area is 117 Å². The summed E-state index contributed by atoms with van der Waals surface area (Å²) in [5, 5.41) is 10.8. The van der Waals surface area contributed by atoms with E-state index in [1.54, 1.807) is 0 Å². The van der Waals surface area contributed by atoms with Crippen molar-refractivity contribution in [1.82, 2.24) is 0 Å². The first kappa shape index (κ1) is 14.6. The molecule has 0 radical (unpaired) electrons. The minimum Gasteiger partial charge on any atom is -0.447 e. The number of hydrogen-bond donors (Lipinski definition) is 0. The third kappa shape index (κ3) is 3.19. The summed E-state index contributed by atoms with van der Waals surface area (Å²) in [4.78, 5) is 21.2. The quantitative estimate of drug-likeness (QED) is 0.487. The second kappa shape index (κ2) is 5.66. The fraction of sp³-hybridized carbons (Fsp3) is 0.0714. The molecule has 0 N–H and O–H groups in total.